The van der Waals surface area contributed by atoms with E-state index < -0.39 is 24.1 Å². The average Bonchev–Trinajstić information content (AvgIpc) is 1.86. The maximum Gasteiger partial charge on any atom is 0.352 e. The zero-order valence-corrected chi connectivity index (χ0v) is 6.09. The molecule has 0 unspecified atom stereocenters. The molecular weight excluding hydrogens is 150 g/mol. The van der Waals surface area contributed by atoms with Crippen molar-refractivity contribution in [3.05, 3.63) is 0 Å². The van der Waals surface area contributed by atoms with Gasteiger partial charge in [0.1, 0.15) is 5.71 Å². The topological polar surface area (TPSA) is 87.5 Å². The second-order valence-electron chi connectivity index (χ2n) is 1.77. The second-order valence-corrected chi connectivity index (χ2v) is 1.77. The molecule has 0 radical (unpaired) electrons. The maximum atomic E-state index is 10.6. The van der Waals surface area contributed by atoms with E-state index in [9.17, 15) is 9.59 Å². The Morgan fingerprint density at radius 1 is 1.55 bits per heavy atom. The first-order chi connectivity index (χ1) is 5.07. The third-order valence-corrected chi connectivity index (χ3v) is 0.850. The highest BCUT2D eigenvalue weighted by molar-refractivity contribution is 6.37. The van der Waals surface area contributed by atoms with Crippen LogP contribution in [-0.4, -0.2) is 29.4 Å². The summed E-state index contributed by atoms with van der Waals surface area (Å²) in [6.45, 7) is 1.74. The van der Waals surface area contributed by atoms with Crippen molar-refractivity contribution in [1.29, 1.82) is 5.41 Å². The van der Waals surface area contributed by atoms with Crippen LogP contribution in [0.1, 0.15) is 13.3 Å². The van der Waals surface area contributed by atoms with Gasteiger partial charge in [-0.15, -0.1) is 0 Å². The predicted octanol–water partition coefficient (Wildman–Crippen LogP) is 0.0440. The quantitative estimate of drug-likeness (QED) is 0.448. The molecule has 0 aromatic rings. The molecule has 0 bridgehead atoms. The maximum absolute atomic E-state index is 10.6. The Hall–Kier alpha value is -1.39. The molecule has 0 spiro atoms. The van der Waals surface area contributed by atoms with Gasteiger partial charge in [0.2, 0.25) is 0 Å². The van der Waals surface area contributed by atoms with Crippen molar-refractivity contribution < 1.29 is 19.4 Å². The minimum atomic E-state index is -1.21. The Labute approximate surface area is 63.5 Å². The van der Waals surface area contributed by atoms with Gasteiger partial charge in [-0.25, -0.2) is 4.79 Å². The van der Waals surface area contributed by atoms with Gasteiger partial charge in [0.25, 0.3) is 0 Å². The van der Waals surface area contributed by atoms with Crippen LogP contribution in [0.15, 0.2) is 0 Å². The van der Waals surface area contributed by atoms with E-state index in [1.54, 1.807) is 6.92 Å². The van der Waals surface area contributed by atoms with Gasteiger partial charge in [-0.2, -0.15) is 0 Å². The number of carbonyl (C=O) groups excluding carboxylic acids is 1. The minimum Gasteiger partial charge on any atom is -0.481 e. The van der Waals surface area contributed by atoms with E-state index in [1.165, 1.54) is 0 Å². The van der Waals surface area contributed by atoms with Crippen LogP contribution >= 0.6 is 0 Å². The number of carbonyl (C=O) groups is 2. The summed E-state index contributed by atoms with van der Waals surface area (Å²) in [7, 11) is 0. The first kappa shape index (κ1) is 9.61. The Bertz CT molecular complexity index is 187. The van der Waals surface area contributed by atoms with Gasteiger partial charge in [0, 0.05) is 0 Å². The fourth-order valence-corrected chi connectivity index (χ4v) is 0.442. The molecule has 0 aromatic heterocycles. The molecule has 0 atom stereocenters. The standard InChI is InChI=1S/C6H9NO4/c1-2-11-6(10)4(7)3-5(8)9/h7H,2-3H2,1H3,(H,8,9). The third-order valence-electron chi connectivity index (χ3n) is 0.850. The number of carboxylic acid groups (broad SMARTS) is 1. The van der Waals surface area contributed by atoms with E-state index in [2.05, 4.69) is 4.74 Å². The number of hydrogen-bond donors (Lipinski definition) is 2. The smallest absolute Gasteiger partial charge is 0.352 e. The minimum absolute atomic E-state index is 0.154. The summed E-state index contributed by atoms with van der Waals surface area (Å²) in [6, 6.07) is 0. The molecule has 0 saturated carbocycles. The fourth-order valence-electron chi connectivity index (χ4n) is 0.442. The summed E-state index contributed by atoms with van der Waals surface area (Å²) in [6.07, 6.45) is -0.584. The first-order valence-corrected chi connectivity index (χ1v) is 3.04. The molecule has 62 valence electrons. The third kappa shape index (κ3) is 4.07. The van der Waals surface area contributed by atoms with Gasteiger partial charge in [-0.3, -0.25) is 10.2 Å². The summed E-state index contributed by atoms with van der Waals surface area (Å²) in [5.41, 5.74) is -0.528. The van der Waals surface area contributed by atoms with Gasteiger partial charge in [0.15, 0.2) is 0 Å². The van der Waals surface area contributed by atoms with E-state index in [0.717, 1.165) is 0 Å². The monoisotopic (exact) mass is 159 g/mol. The van der Waals surface area contributed by atoms with Crippen molar-refractivity contribution in [1.82, 2.24) is 0 Å². The van der Waals surface area contributed by atoms with Crippen LogP contribution in [0, 0.1) is 5.41 Å². The van der Waals surface area contributed by atoms with E-state index in [1.807, 2.05) is 0 Å². The van der Waals surface area contributed by atoms with Gasteiger partial charge < -0.3 is 9.84 Å². The van der Waals surface area contributed by atoms with Crippen molar-refractivity contribution in [3.8, 4) is 0 Å². The molecule has 0 saturated heterocycles. The van der Waals surface area contributed by atoms with Crippen molar-refractivity contribution in [2.24, 2.45) is 0 Å². The molecule has 5 heteroatoms. The molecule has 2 N–H and O–H groups in total. The molecule has 0 aliphatic heterocycles. The summed E-state index contributed by atoms with van der Waals surface area (Å²) in [5.74, 6) is -2.07. The zero-order valence-electron chi connectivity index (χ0n) is 6.09. The summed E-state index contributed by atoms with van der Waals surface area (Å²) in [5, 5.41) is 15.0. The lowest BCUT2D eigenvalue weighted by molar-refractivity contribution is -0.139. The number of aliphatic carboxylic acids is 1. The van der Waals surface area contributed by atoms with Gasteiger partial charge >= 0.3 is 11.9 Å². The molecule has 5 nitrogen and oxygen atoms in total. The van der Waals surface area contributed by atoms with Crippen molar-refractivity contribution in [3.63, 3.8) is 0 Å². The van der Waals surface area contributed by atoms with E-state index in [0.29, 0.717) is 0 Å². The van der Waals surface area contributed by atoms with Crippen LogP contribution in [0.2, 0.25) is 0 Å². The van der Waals surface area contributed by atoms with Gasteiger partial charge in [0.05, 0.1) is 13.0 Å². The second kappa shape index (κ2) is 4.43. The molecule has 0 aromatic carbocycles. The lowest BCUT2D eigenvalue weighted by atomic mass is 10.3. The molecule has 0 rings (SSSR count). The lowest BCUT2D eigenvalue weighted by Crippen LogP contribution is -2.19. The summed E-state index contributed by atoms with van der Waals surface area (Å²) in [4.78, 5) is 20.5. The number of esters is 1. The van der Waals surface area contributed by atoms with Crippen LogP contribution in [-0.2, 0) is 14.3 Å². The molecule has 0 heterocycles. The van der Waals surface area contributed by atoms with Crippen molar-refractivity contribution in [2.45, 2.75) is 13.3 Å². The first-order valence-electron chi connectivity index (χ1n) is 3.04. The predicted molar refractivity (Wildman–Crippen MR) is 36.6 cm³/mol. The van der Waals surface area contributed by atoms with Crippen LogP contribution in [0.25, 0.3) is 0 Å². The zero-order chi connectivity index (χ0) is 8.85. The summed E-state index contributed by atoms with van der Waals surface area (Å²) >= 11 is 0. The molecule has 0 fully saturated rings. The van der Waals surface area contributed by atoms with Gasteiger partial charge in [-0.1, -0.05) is 0 Å². The number of hydrogen-bond acceptors (Lipinski definition) is 4. The Morgan fingerprint density at radius 2 is 2.09 bits per heavy atom. The van der Waals surface area contributed by atoms with E-state index in [-0.39, 0.29) is 6.61 Å². The Balaban J connectivity index is 3.83. The highest BCUT2D eigenvalue weighted by Crippen LogP contribution is 1.88. The molecule has 11 heavy (non-hydrogen) atoms. The Morgan fingerprint density at radius 3 is 2.45 bits per heavy atom. The van der Waals surface area contributed by atoms with Crippen LogP contribution in [0.3, 0.4) is 0 Å². The summed E-state index contributed by atoms with van der Waals surface area (Å²) < 4.78 is 4.38. The van der Waals surface area contributed by atoms with Crippen LogP contribution in [0.5, 0.6) is 0 Å². The SMILES string of the molecule is CCOC(=O)C(=N)CC(=O)O. The van der Waals surface area contributed by atoms with Crippen molar-refractivity contribution in [2.75, 3.05) is 6.61 Å². The number of rotatable bonds is 4. The average molecular weight is 159 g/mol. The molecular formula is C6H9NO4. The molecule has 0 aliphatic rings. The van der Waals surface area contributed by atoms with Crippen molar-refractivity contribution >= 4 is 17.7 Å². The fraction of sp³-hybridized carbons (Fsp3) is 0.500. The number of nitrogens with one attached hydrogen (secondary N) is 1. The largest absolute Gasteiger partial charge is 0.481 e. The highest BCUT2D eigenvalue weighted by atomic mass is 16.5. The molecule has 0 amide bonds. The lowest BCUT2D eigenvalue weighted by Gasteiger charge is -1.99. The van der Waals surface area contributed by atoms with E-state index >= 15 is 0 Å². The Kier molecular flexibility index (Phi) is 3.87. The highest BCUT2D eigenvalue weighted by Gasteiger charge is 2.13. The van der Waals surface area contributed by atoms with Crippen LogP contribution < -0.4 is 0 Å². The normalized spacial score (nSPS) is 8.82. The van der Waals surface area contributed by atoms with Gasteiger partial charge in [-0.05, 0) is 6.92 Å². The molecule has 0 aliphatic carbocycles. The number of carboxylic acids is 1. The van der Waals surface area contributed by atoms with Crippen LogP contribution in [0.4, 0.5) is 0 Å². The van der Waals surface area contributed by atoms with E-state index in [4.69, 9.17) is 10.5 Å². The number of ether oxygens (including phenoxy) is 1.